The molecule has 69 heavy (non-hydrogen) atoms. The molecule has 7 heteroatoms. The maximum atomic E-state index is 9.24. The predicted octanol–water partition coefficient (Wildman–Crippen LogP) is 14.9. The standard InChI is InChI=1S/C62H48N4OSe.Pt/c1-61(2,3)42-32-33-63-57(36-42)66-53-26-15-13-22-49(53)50-29-28-45(38-55(50)66)67-46-35-43(62(4,5)6)34-44(37-46)64-39-65(54-31-30-52-51-23-14-16-27-56(51)68-60(52)59(54)64)58-47(40-18-9-7-10-19-40)24-17-25-48(58)41-20-11-8-12-21-41;/h7-36H,1-6H3;/q-2;/i7D,8D,9D,10D,11D,12D,18D,19D,20D,21D;. The number of pyridine rings is 1. The molecule has 12 rings (SSSR count). The van der Waals surface area contributed by atoms with Crippen LogP contribution < -0.4 is 9.30 Å². The molecule has 0 bridgehead atoms. The summed E-state index contributed by atoms with van der Waals surface area (Å²) in [5, 5.41) is 4.14. The largest absolute Gasteiger partial charge is 0 e. The van der Waals surface area contributed by atoms with Crippen LogP contribution in [-0.2, 0) is 31.9 Å². The van der Waals surface area contributed by atoms with Crippen LogP contribution in [0.1, 0.15) is 66.4 Å². The van der Waals surface area contributed by atoms with Crippen LogP contribution in [0.3, 0.4) is 0 Å². The fourth-order valence-electron chi connectivity index (χ4n) is 9.10. The van der Waals surface area contributed by atoms with Crippen molar-refractivity contribution in [3.63, 3.8) is 0 Å². The number of hydrogen-bond donors (Lipinski definition) is 0. The summed E-state index contributed by atoms with van der Waals surface area (Å²) in [4.78, 5) is 4.87. The number of nitrogens with zero attached hydrogens (tertiary/aromatic N) is 4. The van der Waals surface area contributed by atoms with Crippen molar-refractivity contribution in [3.8, 4) is 50.9 Å². The zero-order valence-electron chi connectivity index (χ0n) is 48.5. The van der Waals surface area contributed by atoms with Crippen molar-refractivity contribution in [2.75, 3.05) is 0 Å². The van der Waals surface area contributed by atoms with Gasteiger partial charge in [-0.1, -0.05) is 39.0 Å². The van der Waals surface area contributed by atoms with E-state index in [1.54, 1.807) is 22.8 Å². The molecule has 0 fully saturated rings. The summed E-state index contributed by atoms with van der Waals surface area (Å²) < 4.78 is 104. The van der Waals surface area contributed by atoms with Gasteiger partial charge in [-0.2, -0.15) is 0 Å². The molecule has 0 aliphatic rings. The Morgan fingerprint density at radius 3 is 2.00 bits per heavy atom. The van der Waals surface area contributed by atoms with Gasteiger partial charge in [-0.3, -0.25) is 0 Å². The molecule has 340 valence electrons. The van der Waals surface area contributed by atoms with Gasteiger partial charge in [0.2, 0.25) is 0 Å². The first-order valence-electron chi connectivity index (χ1n) is 27.4. The molecular weight excluding hydrogens is 1090 g/mol. The first-order valence-corrected chi connectivity index (χ1v) is 24.1. The van der Waals surface area contributed by atoms with Crippen molar-refractivity contribution < 1.29 is 44.1 Å². The Morgan fingerprint density at radius 1 is 0.623 bits per heavy atom. The van der Waals surface area contributed by atoms with Crippen molar-refractivity contribution in [2.24, 2.45) is 0 Å². The molecule has 12 aromatic rings. The Morgan fingerprint density at radius 2 is 1.29 bits per heavy atom. The minimum atomic E-state index is -0.569. The summed E-state index contributed by atoms with van der Waals surface area (Å²) in [6, 6.07) is 39.5. The second-order valence-electron chi connectivity index (χ2n) is 18.9. The minimum Gasteiger partial charge on any atom is 0 e. The molecular formula is C62H48N4OPtSe-2. The van der Waals surface area contributed by atoms with Crippen molar-refractivity contribution in [3.05, 3.63) is 211 Å². The van der Waals surface area contributed by atoms with Gasteiger partial charge in [0.15, 0.2) is 0 Å². The van der Waals surface area contributed by atoms with Gasteiger partial charge in [0.25, 0.3) is 0 Å². The van der Waals surface area contributed by atoms with Crippen LogP contribution in [0.15, 0.2) is 182 Å². The van der Waals surface area contributed by atoms with Crippen LogP contribution in [-0.4, -0.2) is 28.6 Å². The monoisotopic (exact) mass is 1150 g/mol. The molecule has 4 aromatic heterocycles. The van der Waals surface area contributed by atoms with Crippen LogP contribution in [0.5, 0.6) is 11.5 Å². The first kappa shape index (κ1) is 34.5. The summed E-state index contributed by atoms with van der Waals surface area (Å²) in [5.74, 6) is 1.60. The fraction of sp³-hybridized carbons (Fsp3) is 0.129. The smallest absolute Gasteiger partial charge is 0 e. The van der Waals surface area contributed by atoms with Crippen molar-refractivity contribution in [1.29, 1.82) is 0 Å². The zero-order valence-corrected chi connectivity index (χ0v) is 42.5. The van der Waals surface area contributed by atoms with Gasteiger partial charge in [-0.15, -0.1) is 0 Å². The van der Waals surface area contributed by atoms with Gasteiger partial charge in [-0.05, 0) is 29.2 Å². The Labute approximate surface area is 437 Å². The summed E-state index contributed by atoms with van der Waals surface area (Å²) in [6.07, 6.45) is 5.48. The average molecular weight is 1150 g/mol. The van der Waals surface area contributed by atoms with E-state index < -0.39 is 65.8 Å². The van der Waals surface area contributed by atoms with Crippen LogP contribution in [0.25, 0.3) is 91.6 Å². The predicted molar refractivity (Wildman–Crippen MR) is 280 cm³/mol. The third kappa shape index (κ3) is 7.86. The van der Waals surface area contributed by atoms with Gasteiger partial charge in [0.05, 0.1) is 0 Å². The Balaban J connectivity index is 0.00000660. The van der Waals surface area contributed by atoms with E-state index in [0.29, 0.717) is 22.7 Å². The molecule has 4 heterocycles. The number of hydrogen-bond acceptors (Lipinski definition) is 2. The average Bonchev–Trinajstić information content (AvgIpc) is 4.19. The Kier molecular flexibility index (Phi) is 8.64. The van der Waals surface area contributed by atoms with Crippen molar-refractivity contribution in [1.82, 2.24) is 14.1 Å². The Bertz CT molecular complexity index is 4390. The van der Waals surface area contributed by atoms with Gasteiger partial charge >= 0.3 is 339 Å². The number of aromatic nitrogens is 4. The summed E-state index contributed by atoms with van der Waals surface area (Å²) in [5.41, 5.74) is 5.38. The van der Waals surface area contributed by atoms with Crippen LogP contribution in [0.2, 0.25) is 0 Å². The summed E-state index contributed by atoms with van der Waals surface area (Å²) >= 11 is -0.236. The van der Waals surface area contributed by atoms with E-state index in [2.05, 4.69) is 94.9 Å². The fourth-order valence-corrected chi connectivity index (χ4v) is 11.7. The molecule has 0 atom stereocenters. The SMILES string of the molecule is [2H]c1c([2H])c([2H])c(-c2cccc(-c3c([2H])c([2H])c([2H])c([2H])c3[2H])c2-[n+]2[c-]n(-c3[c-]c(Oc4[c-]c5c(cc4)c4ccccc4n5-c4cc(C(C)(C)C)ccn4)cc(C(C)(C)C)c3)c3c4[se]c5ccccc5c4ccc32)c([2H])c1[2H].[Pt]. The molecule has 5 nitrogen and oxygen atoms in total. The van der Waals surface area contributed by atoms with Crippen LogP contribution in [0, 0.1) is 18.5 Å². The normalized spacial score (nSPS) is 14.1. The van der Waals surface area contributed by atoms with E-state index in [-0.39, 0.29) is 68.9 Å². The summed E-state index contributed by atoms with van der Waals surface area (Å²) in [6.45, 7) is 12.9. The Hall–Kier alpha value is -6.81. The van der Waals surface area contributed by atoms with Crippen molar-refractivity contribution >= 4 is 66.6 Å². The molecule has 0 unspecified atom stereocenters. The number of para-hydroxylation sites is 2. The molecule has 0 saturated heterocycles. The number of fused-ring (bicyclic) bond motifs is 8. The van der Waals surface area contributed by atoms with Gasteiger partial charge in [0, 0.05) is 27.3 Å². The molecule has 0 saturated carbocycles. The topological polar surface area (TPSA) is 35.9 Å². The summed E-state index contributed by atoms with van der Waals surface area (Å²) in [7, 11) is 0. The van der Waals surface area contributed by atoms with E-state index in [0.717, 1.165) is 59.3 Å². The molecule has 0 amide bonds. The molecule has 0 N–H and O–H groups in total. The zero-order chi connectivity index (χ0) is 55.0. The number of ether oxygens (including phenoxy) is 1. The quantitative estimate of drug-likeness (QED) is 0.0906. The first-order chi connectivity index (χ1) is 37.1. The van der Waals surface area contributed by atoms with Gasteiger partial charge in [-0.25, -0.2) is 4.98 Å². The number of benzene rings is 8. The molecule has 0 aliphatic heterocycles. The molecule has 0 radical (unpaired) electrons. The minimum absolute atomic E-state index is 0. The molecule has 0 spiro atoms. The van der Waals surface area contributed by atoms with Crippen molar-refractivity contribution in [2.45, 2.75) is 52.4 Å². The van der Waals surface area contributed by atoms with E-state index in [1.165, 1.54) is 4.26 Å². The van der Waals surface area contributed by atoms with Crippen LogP contribution in [0.4, 0.5) is 0 Å². The maximum Gasteiger partial charge on any atom is 0 e. The number of imidazole rings is 1. The third-order valence-electron chi connectivity index (χ3n) is 12.5. The van der Waals surface area contributed by atoms with E-state index in [1.807, 2.05) is 77.5 Å². The van der Waals surface area contributed by atoms with E-state index in [4.69, 9.17) is 17.9 Å². The van der Waals surface area contributed by atoms with E-state index >= 15 is 0 Å². The second kappa shape index (κ2) is 17.3. The third-order valence-corrected chi connectivity index (χ3v) is 15.0. The van der Waals surface area contributed by atoms with Gasteiger partial charge < -0.3 is 0 Å². The molecule has 8 aromatic carbocycles. The number of rotatable bonds is 7. The second-order valence-corrected chi connectivity index (χ2v) is 21.1. The van der Waals surface area contributed by atoms with Crippen LogP contribution >= 0.6 is 0 Å². The maximum absolute atomic E-state index is 9.24. The van der Waals surface area contributed by atoms with E-state index in [9.17, 15) is 5.48 Å². The molecule has 0 aliphatic carbocycles. The van der Waals surface area contributed by atoms with Gasteiger partial charge in [0.1, 0.15) is 0 Å².